The van der Waals surface area contributed by atoms with Gasteiger partial charge in [0.05, 0.1) is 24.1 Å². The summed E-state index contributed by atoms with van der Waals surface area (Å²) in [5.74, 6) is 0.645. The average Bonchev–Trinajstić information content (AvgIpc) is 3.59. The Kier molecular flexibility index (Phi) is 6.01. The highest BCUT2D eigenvalue weighted by Crippen LogP contribution is 2.39. The maximum Gasteiger partial charge on any atom is 0.330 e. The van der Waals surface area contributed by atoms with E-state index in [1.54, 1.807) is 46.3 Å². The van der Waals surface area contributed by atoms with Crippen molar-refractivity contribution >= 4 is 56.7 Å². The molecule has 0 atom stereocenters. The van der Waals surface area contributed by atoms with Gasteiger partial charge in [-0.2, -0.15) is 10.1 Å². The molecule has 1 aliphatic heterocycles. The second-order valence-corrected chi connectivity index (χ2v) is 8.79. The van der Waals surface area contributed by atoms with Crippen molar-refractivity contribution in [2.45, 2.75) is 25.4 Å². The summed E-state index contributed by atoms with van der Waals surface area (Å²) >= 11 is 3.26. The van der Waals surface area contributed by atoms with Crippen molar-refractivity contribution in [3.05, 3.63) is 60.6 Å². The molecule has 34 heavy (non-hydrogen) atoms. The SMILES string of the molecule is Cn1cc(Nc2ncc3c(n2)N(c2cccc(NC(=O)/C=C/CBr)c2)C(=O)N(C2CC2)C3)cn1. The molecule has 2 N–H and O–H groups in total. The number of aromatic nitrogens is 4. The van der Waals surface area contributed by atoms with Crippen molar-refractivity contribution < 1.29 is 9.59 Å². The summed E-state index contributed by atoms with van der Waals surface area (Å²) < 4.78 is 1.68. The molecule has 2 aromatic heterocycles. The van der Waals surface area contributed by atoms with Crippen LogP contribution in [0.5, 0.6) is 0 Å². The van der Waals surface area contributed by atoms with E-state index in [1.807, 2.05) is 24.2 Å². The molecule has 2 aliphatic rings. The summed E-state index contributed by atoms with van der Waals surface area (Å²) in [5, 5.41) is 10.7. The monoisotopic (exact) mass is 522 g/mol. The minimum atomic E-state index is -0.244. The van der Waals surface area contributed by atoms with Crippen LogP contribution < -0.4 is 15.5 Å². The molecule has 1 aliphatic carbocycles. The first-order chi connectivity index (χ1) is 16.5. The van der Waals surface area contributed by atoms with Crippen molar-refractivity contribution in [3.63, 3.8) is 0 Å². The van der Waals surface area contributed by atoms with Gasteiger partial charge in [0.15, 0.2) is 5.82 Å². The minimum Gasteiger partial charge on any atom is -0.322 e. The van der Waals surface area contributed by atoms with Crippen LogP contribution >= 0.6 is 15.9 Å². The largest absolute Gasteiger partial charge is 0.330 e. The number of allylic oxidation sites excluding steroid dienone is 1. The standard InChI is InChI=1S/C23H23BrN8O2/c1-30-14-17(12-26-30)28-22-25-11-15-13-31(18-7-8-18)23(34)32(21(15)29-22)19-5-2-4-16(10-19)27-20(33)6-3-9-24/h2-6,10-12,14,18H,7-9,13H2,1H3,(H,27,33)(H,25,28,29)/b6-3+. The first-order valence-electron chi connectivity index (χ1n) is 10.9. The Bertz CT molecular complexity index is 1270. The van der Waals surface area contributed by atoms with E-state index in [0.717, 1.165) is 24.1 Å². The van der Waals surface area contributed by atoms with Gasteiger partial charge in [-0.3, -0.25) is 9.48 Å². The molecular formula is C23H23BrN8O2. The maximum absolute atomic E-state index is 13.6. The Morgan fingerprint density at radius 3 is 2.85 bits per heavy atom. The molecule has 3 heterocycles. The molecule has 3 amide bonds. The number of amides is 3. The van der Waals surface area contributed by atoms with Crippen LogP contribution in [0.1, 0.15) is 18.4 Å². The van der Waals surface area contributed by atoms with Gasteiger partial charge in [-0.25, -0.2) is 14.7 Å². The second kappa shape index (κ2) is 9.26. The van der Waals surface area contributed by atoms with Crippen LogP contribution in [-0.4, -0.2) is 48.0 Å². The Labute approximate surface area is 204 Å². The highest BCUT2D eigenvalue weighted by molar-refractivity contribution is 9.09. The van der Waals surface area contributed by atoms with Crippen LogP contribution in [0.15, 0.2) is 55.0 Å². The summed E-state index contributed by atoms with van der Waals surface area (Å²) in [5.41, 5.74) is 2.81. The van der Waals surface area contributed by atoms with Gasteiger partial charge in [0, 0.05) is 48.1 Å². The molecule has 0 unspecified atom stereocenters. The van der Waals surface area contributed by atoms with Crippen molar-refractivity contribution in [1.29, 1.82) is 0 Å². The number of halogens is 1. The van der Waals surface area contributed by atoms with E-state index in [2.05, 4.69) is 41.6 Å². The lowest BCUT2D eigenvalue weighted by Crippen LogP contribution is -2.46. The zero-order valence-corrected chi connectivity index (χ0v) is 20.1. The quantitative estimate of drug-likeness (QED) is 0.357. The molecule has 3 aromatic rings. The molecule has 1 fully saturated rings. The molecule has 1 aromatic carbocycles. The van der Waals surface area contributed by atoms with E-state index in [9.17, 15) is 9.59 Å². The van der Waals surface area contributed by atoms with Gasteiger partial charge >= 0.3 is 6.03 Å². The third kappa shape index (κ3) is 4.65. The molecule has 0 bridgehead atoms. The van der Waals surface area contributed by atoms with Crippen molar-refractivity contribution in [2.75, 3.05) is 20.9 Å². The van der Waals surface area contributed by atoms with E-state index in [0.29, 0.717) is 35.0 Å². The first-order valence-corrected chi connectivity index (χ1v) is 12.0. The van der Waals surface area contributed by atoms with Crippen LogP contribution in [0, 0.1) is 0 Å². The van der Waals surface area contributed by atoms with E-state index >= 15 is 0 Å². The van der Waals surface area contributed by atoms with E-state index < -0.39 is 0 Å². The fourth-order valence-corrected chi connectivity index (χ4v) is 4.00. The Morgan fingerprint density at radius 1 is 1.26 bits per heavy atom. The first kappa shape index (κ1) is 22.1. The van der Waals surface area contributed by atoms with Gasteiger partial charge in [-0.15, -0.1) is 0 Å². The summed E-state index contributed by atoms with van der Waals surface area (Å²) in [7, 11) is 1.83. The summed E-state index contributed by atoms with van der Waals surface area (Å²) in [6, 6.07) is 7.29. The number of hydrogen-bond donors (Lipinski definition) is 2. The molecule has 174 valence electrons. The van der Waals surface area contributed by atoms with Gasteiger partial charge in [0.1, 0.15) is 0 Å². The lowest BCUT2D eigenvalue weighted by atomic mass is 10.1. The van der Waals surface area contributed by atoms with Gasteiger partial charge < -0.3 is 15.5 Å². The normalized spacial score (nSPS) is 15.5. The van der Waals surface area contributed by atoms with Crippen molar-refractivity contribution in [3.8, 4) is 0 Å². The number of carbonyl (C=O) groups excluding carboxylic acids is 2. The lowest BCUT2D eigenvalue weighted by Gasteiger charge is -2.36. The fourth-order valence-electron chi connectivity index (χ4n) is 3.81. The van der Waals surface area contributed by atoms with E-state index in [4.69, 9.17) is 0 Å². The van der Waals surface area contributed by atoms with Crippen LogP contribution in [0.25, 0.3) is 0 Å². The second-order valence-electron chi connectivity index (χ2n) is 8.14. The molecule has 0 spiro atoms. The summed E-state index contributed by atoms with van der Waals surface area (Å²) in [6.07, 6.45) is 10.4. The van der Waals surface area contributed by atoms with E-state index in [-0.39, 0.29) is 18.0 Å². The van der Waals surface area contributed by atoms with Crippen molar-refractivity contribution in [2.24, 2.45) is 7.05 Å². The number of rotatable bonds is 7. The van der Waals surface area contributed by atoms with Gasteiger partial charge in [0.2, 0.25) is 11.9 Å². The molecular weight excluding hydrogens is 500 g/mol. The number of hydrogen-bond acceptors (Lipinski definition) is 6. The molecule has 5 rings (SSSR count). The van der Waals surface area contributed by atoms with Gasteiger partial charge in [-0.05, 0) is 31.0 Å². The third-order valence-electron chi connectivity index (χ3n) is 5.51. The van der Waals surface area contributed by atoms with Crippen LogP contribution in [0.2, 0.25) is 0 Å². The van der Waals surface area contributed by atoms with Gasteiger partial charge in [-0.1, -0.05) is 28.1 Å². The topological polar surface area (TPSA) is 108 Å². The number of alkyl halides is 1. The number of nitrogens with one attached hydrogen (secondary N) is 2. The number of carbonyl (C=O) groups is 2. The maximum atomic E-state index is 13.6. The molecule has 11 heteroatoms. The minimum absolute atomic E-state index is 0.135. The molecule has 0 radical (unpaired) electrons. The van der Waals surface area contributed by atoms with E-state index in [1.165, 1.54) is 6.08 Å². The number of aryl methyl sites for hydroxylation is 1. The number of anilines is 5. The lowest BCUT2D eigenvalue weighted by molar-refractivity contribution is -0.111. The zero-order chi connectivity index (χ0) is 23.7. The van der Waals surface area contributed by atoms with Crippen LogP contribution in [0.3, 0.4) is 0 Å². The summed E-state index contributed by atoms with van der Waals surface area (Å²) in [4.78, 5) is 38.3. The van der Waals surface area contributed by atoms with Crippen LogP contribution in [-0.2, 0) is 18.4 Å². The highest BCUT2D eigenvalue weighted by atomic mass is 79.9. The summed E-state index contributed by atoms with van der Waals surface area (Å²) in [6.45, 7) is 0.469. The van der Waals surface area contributed by atoms with Crippen molar-refractivity contribution in [1.82, 2.24) is 24.6 Å². The number of urea groups is 1. The fraction of sp³-hybridized carbons (Fsp3) is 0.261. The number of fused-ring (bicyclic) bond motifs is 1. The predicted octanol–water partition coefficient (Wildman–Crippen LogP) is 4.08. The Balaban J connectivity index is 1.50. The number of benzene rings is 1. The van der Waals surface area contributed by atoms with Crippen LogP contribution in [0.4, 0.5) is 33.6 Å². The molecule has 10 nitrogen and oxygen atoms in total. The smallest absolute Gasteiger partial charge is 0.322 e. The molecule has 1 saturated carbocycles. The Hall–Kier alpha value is -3.73. The highest BCUT2D eigenvalue weighted by Gasteiger charge is 2.41. The van der Waals surface area contributed by atoms with Gasteiger partial charge in [0.25, 0.3) is 0 Å². The Morgan fingerprint density at radius 2 is 2.12 bits per heavy atom. The average molecular weight is 523 g/mol. The molecule has 0 saturated heterocycles. The predicted molar refractivity (Wildman–Crippen MR) is 133 cm³/mol. The third-order valence-corrected chi connectivity index (χ3v) is 5.88. The zero-order valence-electron chi connectivity index (χ0n) is 18.5. The number of nitrogens with zero attached hydrogens (tertiary/aromatic N) is 6.